The Morgan fingerprint density at radius 2 is 0.743 bits per heavy atom. The standard InChI is InChI=1S/C27H47N3O9.C27H51N3O5/c1-7-10-12-29(17-25(36)39-20(9-3)14-23(32)33)22(31)16-30(13-11-8-2)27(38)21(15-24(34)35)28-26(37)19(6)18(4)5;1-9-14-16-29(19-25(32)35-22(11-3)12-4)24(31)18-30(17-15-10-2)27(34)23(13-5)28-26(33)21(8)20(6)7/h18-21H,7-17H2,1-6H3,(H,28,37)(H,32,33)(H,34,35);20-23H,9-19H2,1-8H3,(H,28,33)/t19-,20?,21-;21-,23-/m00/s1. The molecule has 1 unspecified atom stereocenters. The van der Waals surface area contributed by atoms with Crippen LogP contribution in [0.1, 0.15) is 187 Å². The summed E-state index contributed by atoms with van der Waals surface area (Å²) in [5, 5.41) is 23.8. The molecular weight excluding hydrogens is 957 g/mol. The SMILES string of the molecule is CCCCN(CC(=O)OC(CC)CC(=O)O)C(=O)CN(CCCC)C(=O)[C@H](CC(=O)O)NC(=O)[C@@H](C)C(C)C.CCCCN(CC(=O)OC(CC)CC)C(=O)CN(CCCC)C(=O)[C@H](CC)NC(=O)[C@@H](C)C(C)C. The van der Waals surface area contributed by atoms with E-state index in [-0.39, 0.29) is 74.2 Å². The number of ether oxygens (including phenoxy) is 2. The molecule has 0 bridgehead atoms. The highest BCUT2D eigenvalue weighted by Gasteiger charge is 2.33. The third-order valence-electron chi connectivity index (χ3n) is 13.0. The first kappa shape index (κ1) is 70.8. The van der Waals surface area contributed by atoms with E-state index in [2.05, 4.69) is 10.6 Å². The molecule has 0 aromatic carbocycles. The Balaban J connectivity index is 0. The lowest BCUT2D eigenvalue weighted by atomic mass is 9.96. The lowest BCUT2D eigenvalue weighted by molar-refractivity contribution is -0.157. The predicted molar refractivity (Wildman–Crippen MR) is 283 cm³/mol. The first-order chi connectivity index (χ1) is 34.8. The fourth-order valence-electron chi connectivity index (χ4n) is 7.08. The zero-order valence-corrected chi connectivity index (χ0v) is 47.8. The summed E-state index contributed by atoms with van der Waals surface area (Å²) in [4.78, 5) is 132. The number of carboxylic acid groups (broad SMARTS) is 2. The molecule has 0 rings (SSSR count). The van der Waals surface area contributed by atoms with Gasteiger partial charge in [-0.2, -0.15) is 0 Å². The summed E-state index contributed by atoms with van der Waals surface area (Å²) in [5.74, 6) is -6.45. The average molecular weight is 1060 g/mol. The second-order valence-electron chi connectivity index (χ2n) is 19.8. The van der Waals surface area contributed by atoms with Gasteiger partial charge in [-0.15, -0.1) is 0 Å². The van der Waals surface area contributed by atoms with Gasteiger partial charge in [-0.1, -0.05) is 123 Å². The zero-order chi connectivity index (χ0) is 57.1. The molecule has 20 heteroatoms. The molecule has 0 spiro atoms. The van der Waals surface area contributed by atoms with Gasteiger partial charge in [0.25, 0.3) is 0 Å². The van der Waals surface area contributed by atoms with Crippen molar-refractivity contribution in [3.63, 3.8) is 0 Å². The van der Waals surface area contributed by atoms with Crippen LogP contribution in [-0.2, 0) is 57.4 Å². The Morgan fingerprint density at radius 3 is 1.05 bits per heavy atom. The van der Waals surface area contributed by atoms with Crippen LogP contribution >= 0.6 is 0 Å². The lowest BCUT2D eigenvalue weighted by Gasteiger charge is -2.30. The van der Waals surface area contributed by atoms with E-state index in [0.717, 1.165) is 44.9 Å². The maximum absolute atomic E-state index is 13.4. The van der Waals surface area contributed by atoms with Gasteiger partial charge in [-0.05, 0) is 63.2 Å². The van der Waals surface area contributed by atoms with Crippen LogP contribution in [0.3, 0.4) is 0 Å². The van der Waals surface area contributed by atoms with Crippen LogP contribution in [0.15, 0.2) is 0 Å². The molecule has 5 atom stereocenters. The van der Waals surface area contributed by atoms with E-state index in [4.69, 9.17) is 14.6 Å². The van der Waals surface area contributed by atoms with Gasteiger partial charge in [0.1, 0.15) is 37.4 Å². The van der Waals surface area contributed by atoms with Crippen molar-refractivity contribution in [3.05, 3.63) is 0 Å². The molecule has 0 saturated carbocycles. The number of carbonyl (C=O) groups is 10. The van der Waals surface area contributed by atoms with Gasteiger partial charge in [0.15, 0.2) is 0 Å². The van der Waals surface area contributed by atoms with Crippen LogP contribution in [0, 0.1) is 23.7 Å². The first-order valence-electron chi connectivity index (χ1n) is 27.4. The Hall–Kier alpha value is -5.30. The van der Waals surface area contributed by atoms with E-state index in [0.29, 0.717) is 45.2 Å². The minimum Gasteiger partial charge on any atom is -0.481 e. The number of nitrogens with zero attached hydrogens (tertiary/aromatic N) is 4. The van der Waals surface area contributed by atoms with Gasteiger partial charge in [0.2, 0.25) is 35.4 Å². The Kier molecular flexibility index (Phi) is 38.3. The molecule has 4 N–H and O–H groups in total. The van der Waals surface area contributed by atoms with Crippen molar-refractivity contribution in [1.29, 1.82) is 0 Å². The number of esters is 2. The number of aliphatic carboxylic acids is 2. The van der Waals surface area contributed by atoms with Crippen LogP contribution in [-0.4, -0.2) is 166 Å². The topological polar surface area (TPSA) is 267 Å². The van der Waals surface area contributed by atoms with Crippen LogP contribution in [0.4, 0.5) is 0 Å². The third-order valence-corrected chi connectivity index (χ3v) is 13.0. The molecule has 0 aromatic rings. The van der Waals surface area contributed by atoms with Crippen LogP contribution < -0.4 is 10.6 Å². The summed E-state index contributed by atoms with van der Waals surface area (Å²) >= 11 is 0. The summed E-state index contributed by atoms with van der Waals surface area (Å²) in [6, 6.07) is -2.03. The van der Waals surface area contributed by atoms with Gasteiger partial charge < -0.3 is 49.9 Å². The summed E-state index contributed by atoms with van der Waals surface area (Å²) in [5.41, 5.74) is 0. The quantitative estimate of drug-likeness (QED) is 0.0484. The molecule has 74 heavy (non-hydrogen) atoms. The third kappa shape index (κ3) is 29.6. The molecule has 0 aromatic heterocycles. The van der Waals surface area contributed by atoms with Gasteiger partial charge >= 0.3 is 23.9 Å². The van der Waals surface area contributed by atoms with E-state index in [1.165, 1.54) is 19.6 Å². The van der Waals surface area contributed by atoms with Crippen molar-refractivity contribution in [2.45, 2.75) is 211 Å². The van der Waals surface area contributed by atoms with Crippen molar-refractivity contribution in [1.82, 2.24) is 30.2 Å². The Morgan fingerprint density at radius 1 is 0.419 bits per heavy atom. The fourth-order valence-corrected chi connectivity index (χ4v) is 7.08. The molecule has 0 aliphatic rings. The number of hydrogen-bond donors (Lipinski definition) is 4. The molecule has 20 nitrogen and oxygen atoms in total. The number of carbonyl (C=O) groups excluding carboxylic acids is 8. The van der Waals surface area contributed by atoms with Crippen molar-refractivity contribution >= 4 is 59.3 Å². The number of hydrogen-bond acceptors (Lipinski definition) is 12. The van der Waals surface area contributed by atoms with E-state index >= 15 is 0 Å². The molecule has 0 radical (unpaired) electrons. The Labute approximate surface area is 443 Å². The monoisotopic (exact) mass is 1050 g/mol. The molecule has 0 aliphatic carbocycles. The average Bonchev–Trinajstić information content (AvgIpc) is 3.35. The van der Waals surface area contributed by atoms with E-state index in [9.17, 15) is 53.1 Å². The molecule has 0 saturated heterocycles. The molecule has 0 heterocycles. The molecule has 428 valence electrons. The first-order valence-corrected chi connectivity index (χ1v) is 27.4. The summed E-state index contributed by atoms with van der Waals surface area (Å²) < 4.78 is 10.8. The predicted octanol–water partition coefficient (Wildman–Crippen LogP) is 6.45. The summed E-state index contributed by atoms with van der Waals surface area (Å²) in [7, 11) is 0. The number of amides is 6. The lowest BCUT2D eigenvalue weighted by Crippen LogP contribution is -2.54. The minimum absolute atomic E-state index is 0.0296. The zero-order valence-electron chi connectivity index (χ0n) is 47.8. The van der Waals surface area contributed by atoms with E-state index in [1.54, 1.807) is 13.8 Å². The maximum Gasteiger partial charge on any atom is 0.325 e. The highest BCUT2D eigenvalue weighted by atomic mass is 16.5. The van der Waals surface area contributed by atoms with Crippen molar-refractivity contribution in [3.8, 4) is 0 Å². The van der Waals surface area contributed by atoms with Crippen molar-refractivity contribution in [2.75, 3.05) is 52.4 Å². The van der Waals surface area contributed by atoms with Crippen molar-refractivity contribution < 1.29 is 67.6 Å². The second kappa shape index (κ2) is 40.1. The second-order valence-corrected chi connectivity index (χ2v) is 19.8. The molecule has 6 amide bonds. The van der Waals surface area contributed by atoms with Gasteiger partial charge in [-0.25, -0.2) is 0 Å². The number of rotatable bonds is 38. The molecule has 0 aliphatic heterocycles. The fraction of sp³-hybridized carbons (Fsp3) is 0.815. The highest BCUT2D eigenvalue weighted by Crippen LogP contribution is 2.15. The minimum atomic E-state index is -1.35. The van der Waals surface area contributed by atoms with E-state index < -0.39 is 85.2 Å². The van der Waals surface area contributed by atoms with Gasteiger partial charge in [-0.3, -0.25) is 47.9 Å². The Bertz CT molecular complexity index is 1720. The normalized spacial score (nSPS) is 13.0. The summed E-state index contributed by atoms with van der Waals surface area (Å²) in [6.45, 7) is 26.7. The van der Waals surface area contributed by atoms with E-state index in [1.807, 2.05) is 83.1 Å². The van der Waals surface area contributed by atoms with Gasteiger partial charge in [0.05, 0.1) is 25.9 Å². The number of unbranched alkanes of at least 4 members (excludes halogenated alkanes) is 4. The van der Waals surface area contributed by atoms with Crippen molar-refractivity contribution in [2.24, 2.45) is 23.7 Å². The highest BCUT2D eigenvalue weighted by molar-refractivity contribution is 5.94. The van der Waals surface area contributed by atoms with Crippen LogP contribution in [0.2, 0.25) is 0 Å². The number of nitrogens with one attached hydrogen (secondary N) is 2. The van der Waals surface area contributed by atoms with Crippen LogP contribution in [0.25, 0.3) is 0 Å². The number of carboxylic acids is 2. The van der Waals surface area contributed by atoms with Crippen LogP contribution in [0.5, 0.6) is 0 Å². The van der Waals surface area contributed by atoms with Gasteiger partial charge in [0, 0.05) is 38.0 Å². The maximum atomic E-state index is 13.4. The molecular formula is C54H98N6O14. The largest absolute Gasteiger partial charge is 0.481 e. The smallest absolute Gasteiger partial charge is 0.325 e. The summed E-state index contributed by atoms with van der Waals surface area (Å²) in [6.07, 6.45) is 6.02. The molecule has 0 fully saturated rings.